The molecule has 0 aliphatic heterocycles. The fourth-order valence-electron chi connectivity index (χ4n) is 3.83. The molecule has 1 amide bonds. The smallest absolute Gasteiger partial charge is 0.250 e. The normalized spacial score (nSPS) is 16.1. The van der Waals surface area contributed by atoms with Crippen molar-refractivity contribution >= 4 is 17.4 Å². The Bertz CT molecular complexity index is 916. The standard InChI is InChI=1S/C23H28N2O5/c1-28-20-12-15(13-21(29-2)22(20)30-3)10-14-8-9-16(23(24)27)18(11-14)25-17-6-4-5-7-19(17)26/h8-9,11-13,17,25H,4-7,10H2,1-3H3,(H2,24,27). The molecule has 1 unspecified atom stereocenters. The number of ketones is 1. The zero-order valence-electron chi connectivity index (χ0n) is 17.6. The monoisotopic (exact) mass is 412 g/mol. The van der Waals surface area contributed by atoms with Crippen LogP contribution < -0.4 is 25.3 Å². The molecule has 7 nitrogen and oxygen atoms in total. The molecule has 0 bridgehead atoms. The van der Waals surface area contributed by atoms with Crippen molar-refractivity contribution in [2.24, 2.45) is 5.73 Å². The Labute approximate surface area is 176 Å². The maximum absolute atomic E-state index is 12.2. The minimum atomic E-state index is -0.528. The van der Waals surface area contributed by atoms with Crippen LogP contribution in [0.3, 0.4) is 0 Å². The Balaban J connectivity index is 1.91. The first-order valence-corrected chi connectivity index (χ1v) is 9.97. The van der Waals surface area contributed by atoms with Crippen LogP contribution >= 0.6 is 0 Å². The molecule has 30 heavy (non-hydrogen) atoms. The molecule has 0 heterocycles. The number of ether oxygens (including phenoxy) is 3. The largest absolute Gasteiger partial charge is 0.493 e. The van der Waals surface area contributed by atoms with E-state index in [1.54, 1.807) is 27.4 Å². The van der Waals surface area contributed by atoms with Crippen LogP contribution in [0.15, 0.2) is 30.3 Å². The summed E-state index contributed by atoms with van der Waals surface area (Å²) in [5.74, 6) is 1.33. The van der Waals surface area contributed by atoms with Gasteiger partial charge in [0.25, 0.3) is 5.91 Å². The highest BCUT2D eigenvalue weighted by Crippen LogP contribution is 2.39. The quantitative estimate of drug-likeness (QED) is 0.690. The maximum atomic E-state index is 12.2. The Kier molecular flexibility index (Phi) is 6.82. The van der Waals surface area contributed by atoms with Gasteiger partial charge < -0.3 is 25.3 Å². The molecule has 1 atom stereocenters. The number of rotatable bonds is 8. The van der Waals surface area contributed by atoms with Crippen molar-refractivity contribution in [3.05, 3.63) is 47.0 Å². The molecule has 2 aromatic rings. The van der Waals surface area contributed by atoms with Gasteiger partial charge in [0.1, 0.15) is 0 Å². The van der Waals surface area contributed by atoms with E-state index in [0.29, 0.717) is 41.3 Å². The number of anilines is 1. The zero-order chi connectivity index (χ0) is 21.7. The van der Waals surface area contributed by atoms with Gasteiger partial charge in [-0.1, -0.05) is 12.5 Å². The summed E-state index contributed by atoms with van der Waals surface area (Å²) < 4.78 is 16.2. The summed E-state index contributed by atoms with van der Waals surface area (Å²) in [7, 11) is 4.71. The number of Topliss-reactive ketones (excluding diaryl/α,β-unsaturated/α-hetero) is 1. The number of carbonyl (C=O) groups excluding carboxylic acids is 2. The van der Waals surface area contributed by atoms with E-state index in [1.807, 2.05) is 24.3 Å². The van der Waals surface area contributed by atoms with Gasteiger partial charge in [0.05, 0.1) is 32.9 Å². The average Bonchev–Trinajstić information content (AvgIpc) is 2.74. The highest BCUT2D eigenvalue weighted by atomic mass is 16.5. The summed E-state index contributed by atoms with van der Waals surface area (Å²) in [5.41, 5.74) is 8.43. The highest BCUT2D eigenvalue weighted by Gasteiger charge is 2.23. The number of nitrogens with one attached hydrogen (secondary N) is 1. The Morgan fingerprint density at radius 1 is 1.03 bits per heavy atom. The first-order valence-electron chi connectivity index (χ1n) is 9.97. The van der Waals surface area contributed by atoms with Crippen LogP contribution in [0.1, 0.15) is 47.2 Å². The summed E-state index contributed by atoms with van der Waals surface area (Å²) in [6.07, 6.45) is 3.80. The topological polar surface area (TPSA) is 99.9 Å². The van der Waals surface area contributed by atoms with E-state index in [0.717, 1.165) is 30.4 Å². The molecule has 1 saturated carbocycles. The molecule has 7 heteroatoms. The predicted octanol–water partition coefficient (Wildman–Crippen LogP) is 3.33. The summed E-state index contributed by atoms with van der Waals surface area (Å²) in [6, 6.07) is 8.93. The third kappa shape index (κ3) is 4.67. The van der Waals surface area contributed by atoms with Crippen LogP contribution in [0, 0.1) is 0 Å². The summed E-state index contributed by atoms with van der Waals surface area (Å²) in [5, 5.41) is 3.25. The van der Waals surface area contributed by atoms with Gasteiger partial charge in [-0.3, -0.25) is 9.59 Å². The number of hydrogen-bond donors (Lipinski definition) is 2. The van der Waals surface area contributed by atoms with Gasteiger partial charge in [-0.2, -0.15) is 0 Å². The lowest BCUT2D eigenvalue weighted by Crippen LogP contribution is -2.33. The third-order valence-electron chi connectivity index (χ3n) is 5.37. The minimum Gasteiger partial charge on any atom is -0.493 e. The van der Waals surface area contributed by atoms with E-state index in [9.17, 15) is 9.59 Å². The van der Waals surface area contributed by atoms with Crippen molar-refractivity contribution in [2.75, 3.05) is 26.6 Å². The van der Waals surface area contributed by atoms with E-state index in [4.69, 9.17) is 19.9 Å². The zero-order valence-corrected chi connectivity index (χ0v) is 17.6. The van der Waals surface area contributed by atoms with Crippen molar-refractivity contribution < 1.29 is 23.8 Å². The summed E-state index contributed by atoms with van der Waals surface area (Å²) in [4.78, 5) is 24.1. The third-order valence-corrected chi connectivity index (χ3v) is 5.37. The SMILES string of the molecule is COc1cc(Cc2ccc(C(N)=O)c(NC3CCCCC3=O)c2)cc(OC)c1OC. The van der Waals surface area contributed by atoms with Crippen molar-refractivity contribution in [3.8, 4) is 17.2 Å². The number of benzene rings is 2. The van der Waals surface area contributed by atoms with Gasteiger partial charge in [0.15, 0.2) is 17.3 Å². The van der Waals surface area contributed by atoms with Crippen LogP contribution in [0.4, 0.5) is 5.69 Å². The number of primary amides is 1. The summed E-state index contributed by atoms with van der Waals surface area (Å²) in [6.45, 7) is 0. The van der Waals surface area contributed by atoms with E-state index in [1.165, 1.54) is 0 Å². The molecule has 0 spiro atoms. The van der Waals surface area contributed by atoms with Crippen molar-refractivity contribution in [1.82, 2.24) is 0 Å². The van der Waals surface area contributed by atoms with Crippen molar-refractivity contribution in [3.63, 3.8) is 0 Å². The minimum absolute atomic E-state index is 0.173. The lowest BCUT2D eigenvalue weighted by molar-refractivity contribution is -0.121. The lowest BCUT2D eigenvalue weighted by atomic mass is 9.93. The number of methoxy groups -OCH3 is 3. The second-order valence-corrected chi connectivity index (χ2v) is 7.36. The highest BCUT2D eigenvalue weighted by molar-refractivity contribution is 5.99. The van der Waals surface area contributed by atoms with Crippen molar-refractivity contribution in [1.29, 1.82) is 0 Å². The molecule has 160 valence electrons. The molecule has 0 aromatic heterocycles. The molecule has 0 saturated heterocycles. The van der Waals surface area contributed by atoms with E-state index in [-0.39, 0.29) is 11.8 Å². The molecule has 1 aliphatic carbocycles. The van der Waals surface area contributed by atoms with Crippen LogP contribution in [-0.4, -0.2) is 39.1 Å². The van der Waals surface area contributed by atoms with Crippen molar-refractivity contribution in [2.45, 2.75) is 38.1 Å². The van der Waals surface area contributed by atoms with Gasteiger partial charge >= 0.3 is 0 Å². The Morgan fingerprint density at radius 2 is 1.73 bits per heavy atom. The van der Waals surface area contributed by atoms with Crippen LogP contribution in [0.2, 0.25) is 0 Å². The molecular formula is C23H28N2O5. The first-order chi connectivity index (χ1) is 14.5. The van der Waals surface area contributed by atoms with Gasteiger partial charge in [-0.05, 0) is 54.7 Å². The first kappa shape index (κ1) is 21.5. The fourth-order valence-corrected chi connectivity index (χ4v) is 3.83. The number of amides is 1. The number of hydrogen-bond acceptors (Lipinski definition) is 6. The molecule has 2 aromatic carbocycles. The van der Waals surface area contributed by atoms with Crippen LogP contribution in [0.5, 0.6) is 17.2 Å². The van der Waals surface area contributed by atoms with Crippen LogP contribution in [-0.2, 0) is 11.2 Å². The Morgan fingerprint density at radius 3 is 2.30 bits per heavy atom. The van der Waals surface area contributed by atoms with E-state index < -0.39 is 5.91 Å². The van der Waals surface area contributed by atoms with Gasteiger partial charge in [0, 0.05) is 12.1 Å². The molecule has 1 fully saturated rings. The molecule has 3 rings (SSSR count). The van der Waals surface area contributed by atoms with E-state index >= 15 is 0 Å². The van der Waals surface area contributed by atoms with Gasteiger partial charge in [-0.15, -0.1) is 0 Å². The predicted molar refractivity (Wildman–Crippen MR) is 115 cm³/mol. The molecule has 0 radical (unpaired) electrons. The fraction of sp³-hybridized carbons (Fsp3) is 0.391. The summed E-state index contributed by atoms with van der Waals surface area (Å²) >= 11 is 0. The number of nitrogens with two attached hydrogens (primary N) is 1. The van der Waals surface area contributed by atoms with Crippen LogP contribution in [0.25, 0.3) is 0 Å². The Hall–Kier alpha value is -3.22. The average molecular weight is 412 g/mol. The lowest BCUT2D eigenvalue weighted by Gasteiger charge is -2.24. The maximum Gasteiger partial charge on any atom is 0.250 e. The number of carbonyl (C=O) groups is 2. The molecular weight excluding hydrogens is 384 g/mol. The second-order valence-electron chi connectivity index (χ2n) is 7.36. The van der Waals surface area contributed by atoms with Gasteiger partial charge in [-0.25, -0.2) is 0 Å². The van der Waals surface area contributed by atoms with E-state index in [2.05, 4.69) is 5.32 Å². The molecule has 1 aliphatic rings. The van der Waals surface area contributed by atoms with Gasteiger partial charge in [0.2, 0.25) is 5.75 Å². The molecule has 3 N–H and O–H groups in total. The second kappa shape index (κ2) is 9.52.